The van der Waals surface area contributed by atoms with Gasteiger partial charge in [0, 0.05) is 12.3 Å². The molecule has 0 bridgehead atoms. The number of rotatable bonds is 6. The van der Waals surface area contributed by atoms with Crippen molar-refractivity contribution in [3.63, 3.8) is 0 Å². The van der Waals surface area contributed by atoms with E-state index in [0.717, 1.165) is 6.42 Å². The van der Waals surface area contributed by atoms with E-state index in [1.165, 1.54) is 0 Å². The topological polar surface area (TPSA) is 90.9 Å². The fourth-order valence-corrected chi connectivity index (χ4v) is 2.16. The van der Waals surface area contributed by atoms with Crippen molar-refractivity contribution in [2.45, 2.75) is 38.9 Å². The molecule has 0 spiro atoms. The number of carbonyl (C=O) groups excluding carboxylic acids is 3. The molecule has 1 aliphatic heterocycles. The molecular formula is C17H21NO6. The molecule has 1 N–H and O–H groups in total. The summed E-state index contributed by atoms with van der Waals surface area (Å²) in [5.41, 5.74) is 0.890. The van der Waals surface area contributed by atoms with E-state index in [1.807, 2.05) is 0 Å². The molecule has 130 valence electrons. The highest BCUT2D eigenvalue weighted by atomic mass is 16.6. The summed E-state index contributed by atoms with van der Waals surface area (Å²) in [4.78, 5) is 35.1. The maximum absolute atomic E-state index is 11.8. The molecule has 1 aliphatic rings. The van der Waals surface area contributed by atoms with E-state index in [4.69, 9.17) is 14.2 Å². The summed E-state index contributed by atoms with van der Waals surface area (Å²) in [6, 6.07) is 6.27. The molecule has 7 heteroatoms. The minimum Gasteiger partial charge on any atom is -0.459 e. The molecule has 0 aliphatic carbocycles. The number of ether oxygens (including phenoxy) is 3. The number of hydrogen-bond acceptors (Lipinski definition) is 6. The molecule has 24 heavy (non-hydrogen) atoms. The van der Waals surface area contributed by atoms with E-state index in [2.05, 4.69) is 5.32 Å². The maximum atomic E-state index is 11.8. The zero-order valence-corrected chi connectivity index (χ0v) is 13.7. The zero-order chi connectivity index (χ0) is 17.5. The van der Waals surface area contributed by atoms with E-state index in [9.17, 15) is 14.4 Å². The lowest BCUT2D eigenvalue weighted by Crippen LogP contribution is -2.27. The van der Waals surface area contributed by atoms with Crippen molar-refractivity contribution in [3.05, 3.63) is 29.8 Å². The zero-order valence-electron chi connectivity index (χ0n) is 13.7. The predicted octanol–water partition coefficient (Wildman–Crippen LogP) is 1.91. The maximum Gasteiger partial charge on any atom is 0.338 e. The quantitative estimate of drug-likeness (QED) is 0.799. The van der Waals surface area contributed by atoms with Gasteiger partial charge >= 0.3 is 11.9 Å². The highest BCUT2D eigenvalue weighted by molar-refractivity contribution is 5.94. The summed E-state index contributed by atoms with van der Waals surface area (Å²) in [6.45, 7) is 3.70. The molecule has 0 aromatic heterocycles. The highest BCUT2D eigenvalue weighted by Gasteiger charge is 2.25. The van der Waals surface area contributed by atoms with Crippen LogP contribution in [0.2, 0.25) is 0 Å². The Morgan fingerprint density at radius 3 is 2.54 bits per heavy atom. The van der Waals surface area contributed by atoms with E-state index in [1.54, 1.807) is 38.1 Å². The largest absolute Gasteiger partial charge is 0.459 e. The third-order valence-electron chi connectivity index (χ3n) is 3.29. The summed E-state index contributed by atoms with van der Waals surface area (Å²) < 4.78 is 15.2. The van der Waals surface area contributed by atoms with Crippen molar-refractivity contribution in [1.82, 2.24) is 0 Å². The van der Waals surface area contributed by atoms with Crippen LogP contribution in [0.15, 0.2) is 24.3 Å². The van der Waals surface area contributed by atoms with Gasteiger partial charge < -0.3 is 19.5 Å². The fraction of sp³-hybridized carbons (Fsp3) is 0.471. The second kappa shape index (κ2) is 8.44. The van der Waals surface area contributed by atoms with Crippen molar-refractivity contribution in [2.75, 3.05) is 18.5 Å². The van der Waals surface area contributed by atoms with Crippen LogP contribution in [0.5, 0.6) is 0 Å². The summed E-state index contributed by atoms with van der Waals surface area (Å²) in [7, 11) is 0. The smallest absolute Gasteiger partial charge is 0.338 e. The van der Waals surface area contributed by atoms with Crippen molar-refractivity contribution >= 4 is 23.5 Å². The molecule has 1 atom stereocenters. The minimum absolute atomic E-state index is 0.199. The number of benzene rings is 1. The Balaban J connectivity index is 1.79. The lowest BCUT2D eigenvalue weighted by Gasteiger charge is -2.10. The second-order valence-electron chi connectivity index (χ2n) is 5.69. The fourth-order valence-electron chi connectivity index (χ4n) is 2.16. The van der Waals surface area contributed by atoms with Crippen LogP contribution in [-0.4, -0.2) is 43.3 Å². The van der Waals surface area contributed by atoms with E-state index >= 15 is 0 Å². The normalized spacial score (nSPS) is 16.7. The molecule has 1 amide bonds. The average molecular weight is 335 g/mol. The minimum atomic E-state index is -0.566. The Morgan fingerprint density at radius 1 is 1.25 bits per heavy atom. The number of amides is 1. The van der Waals surface area contributed by atoms with Crippen LogP contribution in [0, 0.1) is 0 Å². The highest BCUT2D eigenvalue weighted by Crippen LogP contribution is 2.14. The number of nitrogens with one attached hydrogen (secondary N) is 1. The molecule has 7 nitrogen and oxygen atoms in total. The van der Waals surface area contributed by atoms with Crippen LogP contribution >= 0.6 is 0 Å². The van der Waals surface area contributed by atoms with Gasteiger partial charge in [-0.2, -0.15) is 0 Å². The van der Waals surface area contributed by atoms with E-state index in [-0.39, 0.29) is 12.7 Å². The molecule has 1 fully saturated rings. The van der Waals surface area contributed by atoms with Crippen LogP contribution in [0.25, 0.3) is 0 Å². The van der Waals surface area contributed by atoms with Crippen LogP contribution < -0.4 is 5.32 Å². The van der Waals surface area contributed by atoms with Gasteiger partial charge in [-0.1, -0.05) is 0 Å². The Bertz CT molecular complexity index is 590. The Kier molecular flexibility index (Phi) is 6.31. The molecule has 2 rings (SSSR count). The van der Waals surface area contributed by atoms with Crippen LogP contribution in [0.4, 0.5) is 5.69 Å². The first-order valence-corrected chi connectivity index (χ1v) is 7.85. The Morgan fingerprint density at radius 2 is 1.96 bits per heavy atom. The first kappa shape index (κ1) is 17.9. The molecule has 1 aromatic carbocycles. The van der Waals surface area contributed by atoms with Gasteiger partial charge in [0.2, 0.25) is 0 Å². The van der Waals surface area contributed by atoms with Gasteiger partial charge in [0.1, 0.15) is 0 Å². The molecule has 0 unspecified atom stereocenters. The van der Waals surface area contributed by atoms with Crippen LogP contribution in [0.3, 0.4) is 0 Å². The Hall–Kier alpha value is -2.41. The van der Waals surface area contributed by atoms with Gasteiger partial charge in [0.05, 0.1) is 11.7 Å². The van der Waals surface area contributed by atoms with Crippen LogP contribution in [-0.2, 0) is 23.8 Å². The molecule has 0 saturated carbocycles. The number of carbonyl (C=O) groups is 3. The van der Waals surface area contributed by atoms with Gasteiger partial charge in [-0.05, 0) is 51.0 Å². The lowest BCUT2D eigenvalue weighted by atomic mass is 10.2. The standard InChI is InChI=1S/C17H21NO6/c1-11(2)24-16(20)12-5-7-13(8-6-12)18-15(19)10-23-17(21)14-4-3-9-22-14/h5-8,11,14H,3-4,9-10H2,1-2H3,(H,18,19)/t14-/m0/s1. The summed E-state index contributed by atoms with van der Waals surface area (Å²) in [5.74, 6) is -1.40. The first-order valence-electron chi connectivity index (χ1n) is 7.85. The van der Waals surface area contributed by atoms with E-state index in [0.29, 0.717) is 24.3 Å². The van der Waals surface area contributed by atoms with E-state index < -0.39 is 23.9 Å². The Labute approximate surface area is 140 Å². The van der Waals surface area contributed by atoms with Crippen molar-refractivity contribution < 1.29 is 28.6 Å². The number of anilines is 1. The van der Waals surface area contributed by atoms with Crippen molar-refractivity contribution in [2.24, 2.45) is 0 Å². The van der Waals surface area contributed by atoms with Crippen molar-refractivity contribution in [1.29, 1.82) is 0 Å². The van der Waals surface area contributed by atoms with Gasteiger partial charge in [0.25, 0.3) is 5.91 Å². The number of hydrogen-bond donors (Lipinski definition) is 1. The molecule has 1 heterocycles. The van der Waals surface area contributed by atoms with Gasteiger partial charge in [-0.3, -0.25) is 4.79 Å². The summed E-state index contributed by atoms with van der Waals surface area (Å²) in [6.07, 6.45) is 0.672. The monoisotopic (exact) mass is 335 g/mol. The molecule has 1 aromatic rings. The molecule has 0 radical (unpaired) electrons. The third kappa shape index (κ3) is 5.34. The molecule has 1 saturated heterocycles. The average Bonchev–Trinajstić information content (AvgIpc) is 3.07. The SMILES string of the molecule is CC(C)OC(=O)c1ccc(NC(=O)COC(=O)[C@@H]2CCCO2)cc1. The third-order valence-corrected chi connectivity index (χ3v) is 3.29. The summed E-state index contributed by atoms with van der Waals surface area (Å²) >= 11 is 0. The lowest BCUT2D eigenvalue weighted by molar-refractivity contribution is -0.156. The first-order chi connectivity index (χ1) is 11.5. The van der Waals surface area contributed by atoms with Crippen LogP contribution in [0.1, 0.15) is 37.0 Å². The second-order valence-corrected chi connectivity index (χ2v) is 5.69. The van der Waals surface area contributed by atoms with Gasteiger partial charge in [-0.15, -0.1) is 0 Å². The van der Waals surface area contributed by atoms with Gasteiger partial charge in [-0.25, -0.2) is 9.59 Å². The molecular weight excluding hydrogens is 314 g/mol. The predicted molar refractivity (Wildman–Crippen MR) is 85.6 cm³/mol. The summed E-state index contributed by atoms with van der Waals surface area (Å²) in [5, 5.41) is 2.59. The number of esters is 2. The van der Waals surface area contributed by atoms with Gasteiger partial charge in [0.15, 0.2) is 12.7 Å². The van der Waals surface area contributed by atoms with Crippen molar-refractivity contribution in [3.8, 4) is 0 Å².